The van der Waals surface area contributed by atoms with Crippen molar-refractivity contribution < 1.29 is 9.15 Å². The molecular formula is C16H13BrClNO2. The average Bonchev–Trinajstić information content (AvgIpc) is 2.89. The van der Waals surface area contributed by atoms with Crippen molar-refractivity contribution in [1.82, 2.24) is 0 Å². The molecule has 0 saturated heterocycles. The summed E-state index contributed by atoms with van der Waals surface area (Å²) < 4.78 is 12.2. The summed E-state index contributed by atoms with van der Waals surface area (Å²) in [6, 6.07) is 12.9. The van der Waals surface area contributed by atoms with Gasteiger partial charge in [-0.25, -0.2) is 0 Å². The van der Waals surface area contributed by atoms with E-state index in [1.54, 1.807) is 13.2 Å². The van der Waals surface area contributed by atoms with Crippen LogP contribution in [0.3, 0.4) is 0 Å². The molecule has 3 rings (SSSR count). The maximum atomic E-state index is 6.29. The second-order valence-electron chi connectivity index (χ2n) is 4.71. The van der Waals surface area contributed by atoms with E-state index in [4.69, 9.17) is 26.5 Å². The van der Waals surface area contributed by atoms with Crippen LogP contribution in [0.4, 0.5) is 0 Å². The van der Waals surface area contributed by atoms with Crippen LogP contribution in [0.25, 0.3) is 11.0 Å². The zero-order valence-electron chi connectivity index (χ0n) is 11.3. The Morgan fingerprint density at radius 2 is 2.05 bits per heavy atom. The van der Waals surface area contributed by atoms with Gasteiger partial charge in [0.15, 0.2) is 11.3 Å². The highest BCUT2D eigenvalue weighted by Crippen LogP contribution is 2.35. The number of ether oxygens (including phenoxy) is 1. The molecule has 0 amide bonds. The van der Waals surface area contributed by atoms with Crippen molar-refractivity contribution in [3.8, 4) is 5.75 Å². The van der Waals surface area contributed by atoms with E-state index < -0.39 is 0 Å². The topological polar surface area (TPSA) is 48.4 Å². The molecule has 2 aromatic carbocycles. The quantitative estimate of drug-likeness (QED) is 0.717. The van der Waals surface area contributed by atoms with Gasteiger partial charge in [-0.1, -0.05) is 39.7 Å². The molecule has 0 bridgehead atoms. The van der Waals surface area contributed by atoms with Gasteiger partial charge in [-0.2, -0.15) is 0 Å². The molecule has 21 heavy (non-hydrogen) atoms. The van der Waals surface area contributed by atoms with Crippen LogP contribution in [-0.4, -0.2) is 7.11 Å². The van der Waals surface area contributed by atoms with Crippen LogP contribution < -0.4 is 10.5 Å². The van der Waals surface area contributed by atoms with Gasteiger partial charge >= 0.3 is 0 Å². The van der Waals surface area contributed by atoms with Crippen LogP contribution in [0.1, 0.15) is 17.4 Å². The van der Waals surface area contributed by atoms with Gasteiger partial charge in [-0.3, -0.25) is 0 Å². The van der Waals surface area contributed by atoms with E-state index in [2.05, 4.69) is 15.9 Å². The zero-order chi connectivity index (χ0) is 15.0. The molecule has 3 nitrogen and oxygen atoms in total. The fourth-order valence-corrected chi connectivity index (χ4v) is 2.91. The summed E-state index contributed by atoms with van der Waals surface area (Å²) >= 11 is 9.52. The van der Waals surface area contributed by atoms with Gasteiger partial charge in [0.05, 0.1) is 13.2 Å². The first kappa shape index (κ1) is 14.4. The molecule has 0 fully saturated rings. The zero-order valence-corrected chi connectivity index (χ0v) is 13.6. The molecule has 0 saturated carbocycles. The highest BCUT2D eigenvalue weighted by atomic mass is 79.9. The number of furan rings is 1. The van der Waals surface area contributed by atoms with Gasteiger partial charge in [-0.15, -0.1) is 0 Å². The smallest absolute Gasteiger partial charge is 0.176 e. The molecule has 5 heteroatoms. The van der Waals surface area contributed by atoms with Crippen LogP contribution in [-0.2, 0) is 0 Å². The molecule has 0 aliphatic carbocycles. The summed E-state index contributed by atoms with van der Waals surface area (Å²) in [7, 11) is 1.58. The Kier molecular flexibility index (Phi) is 3.93. The van der Waals surface area contributed by atoms with Crippen LogP contribution in [0, 0.1) is 0 Å². The number of methoxy groups -OCH3 is 1. The van der Waals surface area contributed by atoms with Crippen molar-refractivity contribution in [1.29, 1.82) is 0 Å². The number of hydrogen-bond acceptors (Lipinski definition) is 3. The van der Waals surface area contributed by atoms with E-state index in [9.17, 15) is 0 Å². The van der Waals surface area contributed by atoms with E-state index in [1.807, 2.05) is 36.4 Å². The number of halogens is 2. The second-order valence-corrected chi connectivity index (χ2v) is 6.06. The van der Waals surface area contributed by atoms with Crippen molar-refractivity contribution in [3.05, 3.63) is 63.3 Å². The summed E-state index contributed by atoms with van der Waals surface area (Å²) in [5.74, 6) is 1.27. The lowest BCUT2D eigenvalue weighted by Gasteiger charge is -2.09. The average molecular weight is 367 g/mol. The van der Waals surface area contributed by atoms with Gasteiger partial charge < -0.3 is 14.9 Å². The first-order chi connectivity index (χ1) is 10.1. The van der Waals surface area contributed by atoms with Gasteiger partial charge in [0.25, 0.3) is 0 Å². The first-order valence-corrected chi connectivity index (χ1v) is 7.53. The minimum absolute atomic E-state index is 0.349. The van der Waals surface area contributed by atoms with E-state index in [-0.39, 0.29) is 6.04 Å². The molecule has 1 heterocycles. The largest absolute Gasteiger partial charge is 0.493 e. The Bertz CT molecular complexity index is 800. The standard InChI is InChI=1S/C16H13BrClNO2/c1-20-14-8-12(18)6-10-7-13(21-16(10)14)15(19)9-3-2-4-11(17)5-9/h2-8,15H,19H2,1H3. The van der Waals surface area contributed by atoms with Crippen LogP contribution >= 0.6 is 27.5 Å². The van der Waals surface area contributed by atoms with Crippen molar-refractivity contribution >= 4 is 38.5 Å². The Morgan fingerprint density at radius 3 is 2.76 bits per heavy atom. The van der Waals surface area contributed by atoms with E-state index in [0.29, 0.717) is 22.1 Å². The molecule has 0 aliphatic rings. The second kappa shape index (κ2) is 5.72. The number of nitrogens with two attached hydrogens (primary N) is 1. The van der Waals surface area contributed by atoms with Crippen molar-refractivity contribution in [2.75, 3.05) is 7.11 Å². The van der Waals surface area contributed by atoms with Crippen molar-refractivity contribution in [2.45, 2.75) is 6.04 Å². The summed E-state index contributed by atoms with van der Waals surface area (Å²) in [5.41, 5.74) is 7.91. The lowest BCUT2D eigenvalue weighted by molar-refractivity contribution is 0.406. The Hall–Kier alpha value is -1.49. The normalized spacial score (nSPS) is 12.6. The van der Waals surface area contributed by atoms with E-state index >= 15 is 0 Å². The fourth-order valence-electron chi connectivity index (χ4n) is 2.28. The van der Waals surface area contributed by atoms with Gasteiger partial charge in [-0.05, 0) is 29.8 Å². The summed E-state index contributed by atoms with van der Waals surface area (Å²) in [6.07, 6.45) is 0. The summed E-state index contributed by atoms with van der Waals surface area (Å²) in [5, 5.41) is 1.47. The minimum atomic E-state index is -0.349. The predicted molar refractivity (Wildman–Crippen MR) is 87.9 cm³/mol. The molecule has 0 radical (unpaired) electrons. The third kappa shape index (κ3) is 2.79. The molecule has 1 aromatic heterocycles. The molecule has 0 aliphatic heterocycles. The molecule has 1 atom stereocenters. The molecule has 2 N–H and O–H groups in total. The fraction of sp³-hybridized carbons (Fsp3) is 0.125. The third-order valence-electron chi connectivity index (χ3n) is 3.30. The lowest BCUT2D eigenvalue weighted by Crippen LogP contribution is -2.10. The maximum Gasteiger partial charge on any atom is 0.176 e. The van der Waals surface area contributed by atoms with Gasteiger partial charge in [0, 0.05) is 20.9 Å². The summed E-state index contributed by atoms with van der Waals surface area (Å²) in [4.78, 5) is 0. The number of rotatable bonds is 3. The molecule has 108 valence electrons. The van der Waals surface area contributed by atoms with E-state index in [0.717, 1.165) is 15.4 Å². The molecular weight excluding hydrogens is 354 g/mol. The Morgan fingerprint density at radius 1 is 1.24 bits per heavy atom. The van der Waals surface area contributed by atoms with Crippen LogP contribution in [0.15, 0.2) is 51.4 Å². The number of benzene rings is 2. The third-order valence-corrected chi connectivity index (χ3v) is 4.01. The van der Waals surface area contributed by atoms with Crippen LogP contribution in [0.2, 0.25) is 5.02 Å². The lowest BCUT2D eigenvalue weighted by atomic mass is 10.1. The first-order valence-electron chi connectivity index (χ1n) is 6.36. The number of hydrogen-bond donors (Lipinski definition) is 1. The SMILES string of the molecule is COc1cc(Cl)cc2cc(C(N)c3cccc(Br)c3)oc12. The van der Waals surface area contributed by atoms with Crippen LogP contribution in [0.5, 0.6) is 5.75 Å². The van der Waals surface area contributed by atoms with Crippen molar-refractivity contribution in [3.63, 3.8) is 0 Å². The highest BCUT2D eigenvalue weighted by molar-refractivity contribution is 9.10. The predicted octanol–water partition coefficient (Wildman–Crippen LogP) is 4.91. The van der Waals surface area contributed by atoms with Gasteiger partial charge in [0.1, 0.15) is 5.76 Å². The maximum absolute atomic E-state index is 6.29. The van der Waals surface area contributed by atoms with Crippen molar-refractivity contribution in [2.24, 2.45) is 5.73 Å². The molecule has 3 aromatic rings. The van der Waals surface area contributed by atoms with E-state index in [1.165, 1.54) is 0 Å². The monoisotopic (exact) mass is 365 g/mol. The Balaban J connectivity index is 2.08. The Labute approximate surface area is 135 Å². The molecule has 0 spiro atoms. The van der Waals surface area contributed by atoms with Gasteiger partial charge in [0.2, 0.25) is 0 Å². The molecule has 1 unspecified atom stereocenters. The number of fused-ring (bicyclic) bond motifs is 1. The summed E-state index contributed by atoms with van der Waals surface area (Å²) in [6.45, 7) is 0. The highest BCUT2D eigenvalue weighted by Gasteiger charge is 2.17. The minimum Gasteiger partial charge on any atom is -0.493 e.